The minimum absolute atomic E-state index is 0.0541. The van der Waals surface area contributed by atoms with E-state index in [9.17, 15) is 4.79 Å². The Hall–Kier alpha value is -1.85. The van der Waals surface area contributed by atoms with Gasteiger partial charge in [0.25, 0.3) is 5.56 Å². The average molecular weight is 300 g/mol. The lowest BCUT2D eigenvalue weighted by molar-refractivity contribution is -0.381. The molecule has 0 bridgehead atoms. The molecule has 0 saturated carbocycles. The molecule has 3 heterocycles. The largest absolute Gasteiger partial charge is 0.380 e. The standard InChI is InChI=1S/C17H20N2O3/c1-8(2)10-4-5-13-11(6-10)14-12(17-21-9(3)22-17)7-18-15(14)16(20)19-13/h4-6,8-9,12,17-18H,7H2,1-3H3,(H,19,20). The summed E-state index contributed by atoms with van der Waals surface area (Å²) in [6.07, 6.45) is -0.426. The molecule has 5 nitrogen and oxygen atoms in total. The zero-order chi connectivity index (χ0) is 15.4. The minimum Gasteiger partial charge on any atom is -0.380 e. The summed E-state index contributed by atoms with van der Waals surface area (Å²) in [5.41, 5.74) is 3.74. The van der Waals surface area contributed by atoms with E-state index in [2.05, 4.69) is 36.3 Å². The third kappa shape index (κ3) is 1.96. The van der Waals surface area contributed by atoms with Gasteiger partial charge in [0.2, 0.25) is 0 Å². The summed E-state index contributed by atoms with van der Waals surface area (Å²) in [7, 11) is 0. The topological polar surface area (TPSA) is 63.3 Å². The lowest BCUT2D eigenvalue weighted by Gasteiger charge is -2.37. The first-order valence-corrected chi connectivity index (χ1v) is 7.79. The number of fused-ring (bicyclic) bond motifs is 3. The first-order valence-electron chi connectivity index (χ1n) is 7.79. The maximum absolute atomic E-state index is 12.3. The van der Waals surface area contributed by atoms with Crippen LogP contribution in [0.3, 0.4) is 0 Å². The molecule has 0 radical (unpaired) electrons. The fourth-order valence-electron chi connectivity index (χ4n) is 3.38. The second kappa shape index (κ2) is 4.83. The second-order valence-corrected chi connectivity index (χ2v) is 6.40. The third-order valence-electron chi connectivity index (χ3n) is 4.59. The lowest BCUT2D eigenvalue weighted by Crippen LogP contribution is -2.43. The SMILES string of the molecule is CC1OC(C2CNc3c2c2cc(C(C)C)ccc2[nH]c3=O)O1. The average Bonchev–Trinajstić information content (AvgIpc) is 2.89. The van der Waals surface area contributed by atoms with Gasteiger partial charge in [0.1, 0.15) is 5.69 Å². The molecular weight excluding hydrogens is 280 g/mol. The maximum Gasteiger partial charge on any atom is 0.272 e. The predicted octanol–water partition coefficient (Wildman–Crippen LogP) is 2.88. The van der Waals surface area contributed by atoms with E-state index in [1.807, 2.05) is 13.0 Å². The molecule has 1 aromatic heterocycles. The number of hydrogen-bond acceptors (Lipinski definition) is 4. The molecule has 0 spiro atoms. The fraction of sp³-hybridized carbons (Fsp3) is 0.471. The summed E-state index contributed by atoms with van der Waals surface area (Å²) >= 11 is 0. The monoisotopic (exact) mass is 300 g/mol. The number of ether oxygens (including phenoxy) is 2. The number of nitrogens with one attached hydrogen (secondary N) is 2. The molecule has 116 valence electrons. The van der Waals surface area contributed by atoms with Crippen LogP contribution in [0.4, 0.5) is 5.69 Å². The smallest absolute Gasteiger partial charge is 0.272 e. The van der Waals surface area contributed by atoms with Crippen LogP contribution in [-0.4, -0.2) is 24.1 Å². The number of rotatable bonds is 2. The Morgan fingerprint density at radius 1 is 1.27 bits per heavy atom. The van der Waals surface area contributed by atoms with Gasteiger partial charge in [-0.05, 0) is 30.5 Å². The van der Waals surface area contributed by atoms with Crippen molar-refractivity contribution in [2.24, 2.45) is 0 Å². The molecule has 1 fully saturated rings. The number of hydrogen-bond donors (Lipinski definition) is 2. The zero-order valence-corrected chi connectivity index (χ0v) is 13.0. The molecule has 2 N–H and O–H groups in total. The van der Waals surface area contributed by atoms with Gasteiger partial charge in [0, 0.05) is 23.0 Å². The number of aromatic amines is 1. The van der Waals surface area contributed by atoms with Crippen LogP contribution in [-0.2, 0) is 9.47 Å². The van der Waals surface area contributed by atoms with Crippen LogP contribution in [0.5, 0.6) is 0 Å². The van der Waals surface area contributed by atoms with Crippen molar-refractivity contribution in [3.63, 3.8) is 0 Å². The Kier molecular flexibility index (Phi) is 3.03. The van der Waals surface area contributed by atoms with E-state index in [0.717, 1.165) is 16.5 Å². The number of aromatic nitrogens is 1. The molecule has 2 aliphatic heterocycles. The Bertz CT molecular complexity index is 790. The van der Waals surface area contributed by atoms with Crippen molar-refractivity contribution in [1.82, 2.24) is 4.98 Å². The molecular formula is C17H20N2O3. The summed E-state index contributed by atoms with van der Waals surface area (Å²) in [6, 6.07) is 6.24. The molecule has 1 aromatic carbocycles. The van der Waals surface area contributed by atoms with Gasteiger partial charge < -0.3 is 19.8 Å². The van der Waals surface area contributed by atoms with Crippen molar-refractivity contribution in [3.05, 3.63) is 39.7 Å². The molecule has 0 aliphatic carbocycles. The highest BCUT2D eigenvalue weighted by atomic mass is 16.9. The summed E-state index contributed by atoms with van der Waals surface area (Å²) < 4.78 is 11.3. The molecule has 0 amide bonds. The van der Waals surface area contributed by atoms with Gasteiger partial charge in [-0.15, -0.1) is 0 Å². The minimum atomic E-state index is -0.267. The molecule has 1 unspecified atom stereocenters. The van der Waals surface area contributed by atoms with E-state index < -0.39 is 0 Å². The zero-order valence-electron chi connectivity index (χ0n) is 13.0. The Morgan fingerprint density at radius 3 is 2.73 bits per heavy atom. The van der Waals surface area contributed by atoms with E-state index in [1.54, 1.807) is 0 Å². The summed E-state index contributed by atoms with van der Waals surface area (Å²) in [6.45, 7) is 6.89. The highest BCUT2D eigenvalue weighted by Gasteiger charge is 2.41. The predicted molar refractivity (Wildman–Crippen MR) is 85.3 cm³/mol. The summed E-state index contributed by atoms with van der Waals surface area (Å²) in [5, 5.41) is 4.31. The van der Waals surface area contributed by atoms with Gasteiger partial charge in [0.05, 0.1) is 5.92 Å². The molecule has 2 aliphatic rings. The molecule has 2 aromatic rings. The van der Waals surface area contributed by atoms with Crippen molar-refractivity contribution in [2.45, 2.75) is 45.2 Å². The van der Waals surface area contributed by atoms with Gasteiger partial charge in [-0.2, -0.15) is 0 Å². The van der Waals surface area contributed by atoms with E-state index in [4.69, 9.17) is 9.47 Å². The highest BCUT2D eigenvalue weighted by Crippen LogP contribution is 2.41. The maximum atomic E-state index is 12.3. The molecule has 4 rings (SSSR count). The molecule has 5 heteroatoms. The van der Waals surface area contributed by atoms with E-state index in [-0.39, 0.29) is 24.1 Å². The van der Waals surface area contributed by atoms with Crippen molar-refractivity contribution < 1.29 is 9.47 Å². The van der Waals surface area contributed by atoms with Crippen LogP contribution < -0.4 is 10.9 Å². The van der Waals surface area contributed by atoms with Crippen LogP contribution in [0, 0.1) is 0 Å². The van der Waals surface area contributed by atoms with Crippen molar-refractivity contribution in [2.75, 3.05) is 11.9 Å². The van der Waals surface area contributed by atoms with Crippen LogP contribution in [0.1, 0.15) is 43.7 Å². The van der Waals surface area contributed by atoms with Crippen molar-refractivity contribution >= 4 is 16.6 Å². The van der Waals surface area contributed by atoms with E-state index >= 15 is 0 Å². The second-order valence-electron chi connectivity index (χ2n) is 6.40. The number of benzene rings is 1. The highest BCUT2D eigenvalue weighted by molar-refractivity contribution is 5.89. The van der Waals surface area contributed by atoms with E-state index in [1.165, 1.54) is 5.56 Å². The fourth-order valence-corrected chi connectivity index (χ4v) is 3.38. The molecule has 1 atom stereocenters. The van der Waals surface area contributed by atoms with Crippen LogP contribution >= 0.6 is 0 Å². The van der Waals surface area contributed by atoms with Crippen LogP contribution in [0.25, 0.3) is 10.9 Å². The first kappa shape index (κ1) is 13.8. The first-order chi connectivity index (χ1) is 10.5. The van der Waals surface area contributed by atoms with Crippen LogP contribution in [0.2, 0.25) is 0 Å². The Morgan fingerprint density at radius 2 is 2.05 bits per heavy atom. The van der Waals surface area contributed by atoms with Gasteiger partial charge in [-0.3, -0.25) is 4.79 Å². The van der Waals surface area contributed by atoms with Crippen molar-refractivity contribution in [3.8, 4) is 0 Å². The number of pyridine rings is 1. The number of H-pyrrole nitrogens is 1. The summed E-state index contributed by atoms with van der Waals surface area (Å²) in [5.74, 6) is 0.495. The van der Waals surface area contributed by atoms with Gasteiger partial charge >= 0.3 is 0 Å². The van der Waals surface area contributed by atoms with Crippen LogP contribution in [0.15, 0.2) is 23.0 Å². The molecule has 22 heavy (non-hydrogen) atoms. The van der Waals surface area contributed by atoms with Gasteiger partial charge in [-0.25, -0.2) is 0 Å². The van der Waals surface area contributed by atoms with Gasteiger partial charge in [-0.1, -0.05) is 19.9 Å². The summed E-state index contributed by atoms with van der Waals surface area (Å²) in [4.78, 5) is 15.2. The van der Waals surface area contributed by atoms with Crippen molar-refractivity contribution in [1.29, 1.82) is 0 Å². The van der Waals surface area contributed by atoms with Gasteiger partial charge in [0.15, 0.2) is 12.6 Å². The Labute approximate surface area is 128 Å². The third-order valence-corrected chi connectivity index (χ3v) is 4.59. The number of anilines is 1. The quantitative estimate of drug-likeness (QED) is 0.895. The molecule has 1 saturated heterocycles. The van der Waals surface area contributed by atoms with E-state index in [0.29, 0.717) is 18.2 Å². The lowest BCUT2D eigenvalue weighted by atomic mass is 9.93. The normalized spacial score (nSPS) is 26.8. The Balaban J connectivity index is 1.90.